The van der Waals surface area contributed by atoms with Crippen molar-refractivity contribution in [3.63, 3.8) is 0 Å². The smallest absolute Gasteiger partial charge is 0.127 e. The minimum Gasteiger partial charge on any atom is -0.389 e. The minimum absolute atomic E-state index is 0.0915. The van der Waals surface area contributed by atoms with Gasteiger partial charge < -0.3 is 11.1 Å². The predicted molar refractivity (Wildman–Crippen MR) is 75.3 cm³/mol. The van der Waals surface area contributed by atoms with Crippen LogP contribution in [0.4, 0.5) is 5.82 Å². The van der Waals surface area contributed by atoms with Gasteiger partial charge >= 0.3 is 0 Å². The maximum absolute atomic E-state index is 5.66. The molecule has 0 radical (unpaired) electrons. The van der Waals surface area contributed by atoms with Crippen LogP contribution >= 0.6 is 12.2 Å². The lowest BCUT2D eigenvalue weighted by Crippen LogP contribution is -2.33. The summed E-state index contributed by atoms with van der Waals surface area (Å²) in [5, 5.41) is 3.49. The Kier molecular flexibility index (Phi) is 3.08. The molecule has 1 aromatic rings. The van der Waals surface area contributed by atoms with E-state index in [9.17, 15) is 0 Å². The van der Waals surface area contributed by atoms with Crippen molar-refractivity contribution in [3.8, 4) is 0 Å². The standard InChI is InChI=1S/C13H19N3S/c1-8-6-9(12(14)17)7-11(15-8)16-13(2,3)10-4-5-10/h6-7,10H,4-5H2,1-3H3,(H2,14,17)(H,15,16). The van der Waals surface area contributed by atoms with Gasteiger partial charge in [0.1, 0.15) is 10.8 Å². The second kappa shape index (κ2) is 4.26. The summed E-state index contributed by atoms with van der Waals surface area (Å²) in [6.45, 7) is 6.39. The topological polar surface area (TPSA) is 50.9 Å². The Morgan fingerprint density at radius 1 is 1.47 bits per heavy atom. The van der Waals surface area contributed by atoms with Gasteiger partial charge in [0.2, 0.25) is 0 Å². The summed E-state index contributed by atoms with van der Waals surface area (Å²) in [5.41, 5.74) is 7.57. The number of hydrogen-bond acceptors (Lipinski definition) is 3. The third-order valence-corrected chi connectivity index (χ3v) is 3.52. The van der Waals surface area contributed by atoms with Gasteiger partial charge in [0, 0.05) is 16.8 Å². The van der Waals surface area contributed by atoms with Gasteiger partial charge in [-0.25, -0.2) is 4.98 Å². The Labute approximate surface area is 108 Å². The fourth-order valence-electron chi connectivity index (χ4n) is 2.11. The van der Waals surface area contributed by atoms with E-state index in [1.807, 2.05) is 19.1 Å². The largest absolute Gasteiger partial charge is 0.389 e. The maximum atomic E-state index is 5.66. The number of aryl methyl sites for hydroxylation is 1. The lowest BCUT2D eigenvalue weighted by atomic mass is 9.99. The first-order valence-electron chi connectivity index (χ1n) is 5.95. The van der Waals surface area contributed by atoms with E-state index >= 15 is 0 Å². The molecule has 0 amide bonds. The van der Waals surface area contributed by atoms with Crippen molar-refractivity contribution in [3.05, 3.63) is 23.4 Å². The van der Waals surface area contributed by atoms with Crippen molar-refractivity contribution in [1.82, 2.24) is 4.98 Å². The van der Waals surface area contributed by atoms with E-state index < -0.39 is 0 Å². The van der Waals surface area contributed by atoms with Crippen LogP contribution in [-0.2, 0) is 0 Å². The SMILES string of the molecule is Cc1cc(C(N)=S)cc(NC(C)(C)C2CC2)n1. The van der Waals surface area contributed by atoms with Crippen molar-refractivity contribution >= 4 is 23.0 Å². The van der Waals surface area contributed by atoms with Gasteiger partial charge in [0.15, 0.2) is 0 Å². The Bertz CT molecular complexity index is 450. The maximum Gasteiger partial charge on any atom is 0.127 e. The zero-order valence-electron chi connectivity index (χ0n) is 10.6. The number of pyridine rings is 1. The molecule has 4 heteroatoms. The van der Waals surface area contributed by atoms with Crippen LogP contribution in [0.1, 0.15) is 37.9 Å². The second-order valence-corrected chi connectivity index (χ2v) is 5.81. The molecule has 17 heavy (non-hydrogen) atoms. The predicted octanol–water partition coefficient (Wildman–Crippen LogP) is 2.62. The van der Waals surface area contributed by atoms with E-state index in [4.69, 9.17) is 18.0 Å². The third kappa shape index (κ3) is 2.94. The number of aromatic nitrogens is 1. The van der Waals surface area contributed by atoms with Crippen LogP contribution in [-0.4, -0.2) is 15.5 Å². The summed E-state index contributed by atoms with van der Waals surface area (Å²) in [7, 11) is 0. The Balaban J connectivity index is 2.23. The number of nitrogens with zero attached hydrogens (tertiary/aromatic N) is 1. The molecule has 1 aromatic heterocycles. The molecule has 0 aliphatic heterocycles. The van der Waals surface area contributed by atoms with Crippen LogP contribution in [0, 0.1) is 12.8 Å². The molecule has 1 saturated carbocycles. The van der Waals surface area contributed by atoms with Gasteiger partial charge in [-0.1, -0.05) is 12.2 Å². The first kappa shape index (κ1) is 12.3. The van der Waals surface area contributed by atoms with Gasteiger partial charge in [0.05, 0.1) is 0 Å². The van der Waals surface area contributed by atoms with Crippen molar-refractivity contribution in [2.24, 2.45) is 11.7 Å². The Hall–Kier alpha value is -1.16. The Morgan fingerprint density at radius 2 is 2.12 bits per heavy atom. The number of nitrogens with two attached hydrogens (primary N) is 1. The van der Waals surface area contributed by atoms with E-state index in [0.717, 1.165) is 23.0 Å². The highest BCUT2D eigenvalue weighted by atomic mass is 32.1. The number of thiocarbonyl (C=S) groups is 1. The monoisotopic (exact) mass is 249 g/mol. The Morgan fingerprint density at radius 3 is 2.65 bits per heavy atom. The van der Waals surface area contributed by atoms with Crippen LogP contribution < -0.4 is 11.1 Å². The van der Waals surface area contributed by atoms with E-state index in [1.54, 1.807) is 0 Å². The lowest BCUT2D eigenvalue weighted by molar-refractivity contribution is 0.492. The summed E-state index contributed by atoms with van der Waals surface area (Å²) in [6.07, 6.45) is 2.60. The van der Waals surface area contributed by atoms with Gasteiger partial charge in [-0.05, 0) is 51.7 Å². The molecule has 92 valence electrons. The molecule has 1 heterocycles. The fourth-order valence-corrected chi connectivity index (χ4v) is 2.23. The molecule has 1 aliphatic carbocycles. The van der Waals surface area contributed by atoms with Gasteiger partial charge in [-0.15, -0.1) is 0 Å². The van der Waals surface area contributed by atoms with Crippen LogP contribution in [0.15, 0.2) is 12.1 Å². The highest BCUT2D eigenvalue weighted by molar-refractivity contribution is 7.80. The first-order valence-corrected chi connectivity index (χ1v) is 6.36. The van der Waals surface area contributed by atoms with Crippen molar-refractivity contribution in [1.29, 1.82) is 0 Å². The van der Waals surface area contributed by atoms with E-state index in [-0.39, 0.29) is 5.54 Å². The van der Waals surface area contributed by atoms with Crippen LogP contribution in [0.25, 0.3) is 0 Å². The fraction of sp³-hybridized carbons (Fsp3) is 0.538. The summed E-state index contributed by atoms with van der Waals surface area (Å²) in [5.74, 6) is 1.61. The number of hydrogen-bond donors (Lipinski definition) is 2. The zero-order chi connectivity index (χ0) is 12.6. The minimum atomic E-state index is 0.0915. The molecule has 1 fully saturated rings. The van der Waals surface area contributed by atoms with Gasteiger partial charge in [-0.3, -0.25) is 0 Å². The summed E-state index contributed by atoms with van der Waals surface area (Å²) in [4.78, 5) is 4.90. The van der Waals surface area contributed by atoms with Crippen LogP contribution in [0.2, 0.25) is 0 Å². The van der Waals surface area contributed by atoms with Crippen molar-refractivity contribution in [2.45, 2.75) is 39.2 Å². The average molecular weight is 249 g/mol. The van der Waals surface area contributed by atoms with E-state index in [2.05, 4.69) is 24.1 Å². The molecule has 0 atom stereocenters. The molecular weight excluding hydrogens is 230 g/mol. The van der Waals surface area contributed by atoms with E-state index in [1.165, 1.54) is 12.8 Å². The molecule has 0 spiro atoms. The molecule has 3 N–H and O–H groups in total. The molecule has 3 nitrogen and oxygen atoms in total. The van der Waals surface area contributed by atoms with Crippen LogP contribution in [0.3, 0.4) is 0 Å². The number of rotatable bonds is 4. The van der Waals surface area contributed by atoms with Crippen molar-refractivity contribution < 1.29 is 0 Å². The number of anilines is 1. The summed E-state index contributed by atoms with van der Waals surface area (Å²) in [6, 6.07) is 3.84. The molecule has 2 rings (SSSR count). The quantitative estimate of drug-likeness (QED) is 0.805. The highest BCUT2D eigenvalue weighted by Crippen LogP contribution is 2.40. The lowest BCUT2D eigenvalue weighted by Gasteiger charge is -2.27. The highest BCUT2D eigenvalue weighted by Gasteiger charge is 2.37. The van der Waals surface area contributed by atoms with Gasteiger partial charge in [0.25, 0.3) is 0 Å². The van der Waals surface area contributed by atoms with E-state index in [0.29, 0.717) is 4.99 Å². The normalized spacial score (nSPS) is 15.7. The van der Waals surface area contributed by atoms with Crippen LogP contribution in [0.5, 0.6) is 0 Å². The molecular formula is C13H19N3S. The third-order valence-electron chi connectivity index (χ3n) is 3.29. The second-order valence-electron chi connectivity index (χ2n) is 5.37. The van der Waals surface area contributed by atoms with Crippen molar-refractivity contribution in [2.75, 3.05) is 5.32 Å². The summed E-state index contributed by atoms with van der Waals surface area (Å²) >= 11 is 5.01. The number of nitrogens with one attached hydrogen (secondary N) is 1. The molecule has 0 unspecified atom stereocenters. The molecule has 0 aromatic carbocycles. The molecule has 1 aliphatic rings. The molecule has 0 bridgehead atoms. The first-order chi connectivity index (χ1) is 7.88. The summed E-state index contributed by atoms with van der Waals surface area (Å²) < 4.78 is 0. The average Bonchev–Trinajstić information content (AvgIpc) is 2.98. The van der Waals surface area contributed by atoms with Gasteiger partial charge in [-0.2, -0.15) is 0 Å². The zero-order valence-corrected chi connectivity index (χ0v) is 11.4. The molecule has 0 saturated heterocycles.